The highest BCUT2D eigenvalue weighted by atomic mass is 32.2. The van der Waals surface area contributed by atoms with Gasteiger partial charge in [0.2, 0.25) is 0 Å². The number of carbonyl (C=O) groups excluding carboxylic acids is 1. The van der Waals surface area contributed by atoms with Gasteiger partial charge >= 0.3 is 5.97 Å². The van der Waals surface area contributed by atoms with Crippen molar-refractivity contribution in [2.45, 2.75) is 12.3 Å². The van der Waals surface area contributed by atoms with Crippen LogP contribution < -0.4 is 14.9 Å². The molecule has 136 valence electrons. The predicted octanol–water partition coefficient (Wildman–Crippen LogP) is 3.33. The van der Waals surface area contributed by atoms with Gasteiger partial charge in [0.15, 0.2) is 18.1 Å². The number of esters is 1. The van der Waals surface area contributed by atoms with Gasteiger partial charge in [-0.25, -0.2) is 4.79 Å². The SMILES string of the molecule is CCOC(=O)COc1ccc([C@H]2NN=C(c3ccccc3)S2)cc1OC. The molecule has 0 bridgehead atoms. The molecule has 0 unspecified atom stereocenters. The maximum absolute atomic E-state index is 11.4. The summed E-state index contributed by atoms with van der Waals surface area (Å²) >= 11 is 1.64. The molecular weight excluding hydrogens is 352 g/mol. The Hall–Kier alpha value is -2.67. The molecule has 0 amide bonds. The molecule has 1 heterocycles. The monoisotopic (exact) mass is 372 g/mol. The summed E-state index contributed by atoms with van der Waals surface area (Å²) in [6.07, 6.45) is 0. The van der Waals surface area contributed by atoms with E-state index in [-0.39, 0.29) is 12.0 Å². The molecule has 1 N–H and O–H groups in total. The summed E-state index contributed by atoms with van der Waals surface area (Å²) in [5.41, 5.74) is 5.22. The van der Waals surface area contributed by atoms with Crippen molar-refractivity contribution in [1.82, 2.24) is 5.43 Å². The van der Waals surface area contributed by atoms with Crippen LogP contribution in [0, 0.1) is 0 Å². The molecule has 0 saturated carbocycles. The maximum Gasteiger partial charge on any atom is 0.344 e. The first-order valence-electron chi connectivity index (χ1n) is 8.23. The van der Waals surface area contributed by atoms with Gasteiger partial charge in [0.1, 0.15) is 10.4 Å². The van der Waals surface area contributed by atoms with Crippen molar-refractivity contribution in [2.75, 3.05) is 20.3 Å². The first kappa shape index (κ1) is 18.1. The molecule has 0 aliphatic carbocycles. The molecule has 2 aromatic rings. The van der Waals surface area contributed by atoms with Crippen molar-refractivity contribution in [1.29, 1.82) is 0 Å². The van der Waals surface area contributed by atoms with Gasteiger partial charge in [-0.2, -0.15) is 5.10 Å². The number of carbonyl (C=O) groups is 1. The Morgan fingerprint density at radius 1 is 1.19 bits per heavy atom. The Balaban J connectivity index is 1.67. The number of rotatable bonds is 7. The molecular formula is C19H20N2O4S. The minimum Gasteiger partial charge on any atom is -0.493 e. The van der Waals surface area contributed by atoms with Gasteiger partial charge in [-0.1, -0.05) is 48.2 Å². The van der Waals surface area contributed by atoms with Gasteiger partial charge in [0.05, 0.1) is 13.7 Å². The zero-order valence-corrected chi connectivity index (χ0v) is 15.4. The molecule has 0 spiro atoms. The Morgan fingerprint density at radius 3 is 2.73 bits per heavy atom. The molecule has 7 heteroatoms. The Bertz CT molecular complexity index is 795. The van der Waals surface area contributed by atoms with E-state index in [9.17, 15) is 4.79 Å². The lowest BCUT2D eigenvalue weighted by molar-refractivity contribution is -0.145. The van der Waals surface area contributed by atoms with Gasteiger partial charge in [-0.05, 0) is 24.6 Å². The fourth-order valence-corrected chi connectivity index (χ4v) is 3.43. The van der Waals surface area contributed by atoms with E-state index >= 15 is 0 Å². The number of ether oxygens (including phenoxy) is 3. The van der Waals surface area contributed by atoms with E-state index in [0.717, 1.165) is 16.2 Å². The third kappa shape index (κ3) is 4.29. The van der Waals surface area contributed by atoms with Crippen LogP contribution in [0.4, 0.5) is 0 Å². The Kier molecular flexibility index (Phi) is 6.01. The maximum atomic E-state index is 11.4. The second-order valence-corrected chi connectivity index (χ2v) is 6.51. The minimum atomic E-state index is -0.410. The van der Waals surface area contributed by atoms with Crippen molar-refractivity contribution < 1.29 is 19.0 Å². The molecule has 1 aliphatic rings. The lowest BCUT2D eigenvalue weighted by Crippen LogP contribution is -2.15. The zero-order valence-electron chi connectivity index (χ0n) is 14.6. The van der Waals surface area contributed by atoms with Crippen LogP contribution in [0.1, 0.15) is 23.4 Å². The number of thioether (sulfide) groups is 1. The molecule has 26 heavy (non-hydrogen) atoms. The number of nitrogens with one attached hydrogen (secondary N) is 1. The van der Waals surface area contributed by atoms with E-state index in [2.05, 4.69) is 10.5 Å². The number of methoxy groups -OCH3 is 1. The van der Waals surface area contributed by atoms with Gasteiger partial charge < -0.3 is 14.2 Å². The summed E-state index contributed by atoms with van der Waals surface area (Å²) in [5.74, 6) is 0.645. The van der Waals surface area contributed by atoms with Crippen molar-refractivity contribution in [3.63, 3.8) is 0 Å². The molecule has 1 atom stereocenters. The summed E-state index contributed by atoms with van der Waals surface area (Å²) in [4.78, 5) is 11.4. The van der Waals surface area contributed by atoms with Crippen LogP contribution in [0.5, 0.6) is 11.5 Å². The average molecular weight is 372 g/mol. The summed E-state index contributed by atoms with van der Waals surface area (Å²) in [5, 5.41) is 5.34. The van der Waals surface area contributed by atoms with E-state index in [4.69, 9.17) is 14.2 Å². The quantitative estimate of drug-likeness (QED) is 0.752. The molecule has 0 radical (unpaired) electrons. The van der Waals surface area contributed by atoms with E-state index in [1.165, 1.54) is 0 Å². The lowest BCUT2D eigenvalue weighted by Gasteiger charge is -2.14. The van der Waals surface area contributed by atoms with Crippen molar-refractivity contribution in [3.8, 4) is 11.5 Å². The fourth-order valence-electron chi connectivity index (χ4n) is 2.44. The first-order valence-corrected chi connectivity index (χ1v) is 9.11. The lowest BCUT2D eigenvalue weighted by atomic mass is 10.2. The molecule has 0 aromatic heterocycles. The summed E-state index contributed by atoms with van der Waals surface area (Å²) in [6.45, 7) is 1.93. The number of benzene rings is 2. The summed E-state index contributed by atoms with van der Waals surface area (Å²) in [6, 6.07) is 15.6. The summed E-state index contributed by atoms with van der Waals surface area (Å²) in [7, 11) is 1.57. The van der Waals surface area contributed by atoms with Crippen LogP contribution in [0.3, 0.4) is 0 Å². The second kappa shape index (κ2) is 8.62. The Morgan fingerprint density at radius 2 is 2.00 bits per heavy atom. The van der Waals surface area contributed by atoms with Crippen LogP contribution in [0.2, 0.25) is 0 Å². The number of hydrogen-bond acceptors (Lipinski definition) is 7. The van der Waals surface area contributed by atoms with Crippen LogP contribution >= 0.6 is 11.8 Å². The van der Waals surface area contributed by atoms with E-state index in [1.54, 1.807) is 31.9 Å². The zero-order chi connectivity index (χ0) is 18.4. The Labute approximate surface area is 156 Å². The molecule has 0 saturated heterocycles. The van der Waals surface area contributed by atoms with E-state index < -0.39 is 5.97 Å². The predicted molar refractivity (Wildman–Crippen MR) is 102 cm³/mol. The van der Waals surface area contributed by atoms with Crippen molar-refractivity contribution in [3.05, 3.63) is 59.7 Å². The first-order chi connectivity index (χ1) is 12.7. The second-order valence-electron chi connectivity index (χ2n) is 5.41. The normalized spacial score (nSPS) is 15.8. The third-order valence-corrected chi connectivity index (χ3v) is 4.84. The highest BCUT2D eigenvalue weighted by Crippen LogP contribution is 2.38. The molecule has 6 nitrogen and oxygen atoms in total. The van der Waals surface area contributed by atoms with E-state index in [1.807, 2.05) is 42.5 Å². The van der Waals surface area contributed by atoms with Crippen molar-refractivity contribution >= 4 is 22.8 Å². The number of hydrogen-bond donors (Lipinski definition) is 1. The minimum absolute atomic E-state index is 0.0155. The molecule has 1 aliphatic heterocycles. The van der Waals surface area contributed by atoms with Gasteiger partial charge in [-0.15, -0.1) is 0 Å². The number of hydrazone groups is 1. The molecule has 3 rings (SSSR count). The number of nitrogens with zero attached hydrogens (tertiary/aromatic N) is 1. The largest absolute Gasteiger partial charge is 0.493 e. The topological polar surface area (TPSA) is 69.2 Å². The van der Waals surface area contributed by atoms with Crippen LogP contribution in [0.25, 0.3) is 0 Å². The molecule has 0 fully saturated rings. The van der Waals surface area contributed by atoms with Crippen LogP contribution in [0.15, 0.2) is 53.6 Å². The highest BCUT2D eigenvalue weighted by Gasteiger charge is 2.23. The van der Waals surface area contributed by atoms with E-state index in [0.29, 0.717) is 18.1 Å². The standard InChI is InChI=1S/C19H20N2O4S/c1-3-24-17(22)12-25-15-10-9-14(11-16(15)23-2)19-21-20-18(26-19)13-7-5-4-6-8-13/h4-11,19,21H,3,12H2,1-2H3/t19-/m0/s1. The third-order valence-electron chi connectivity index (χ3n) is 3.67. The highest BCUT2D eigenvalue weighted by molar-refractivity contribution is 8.14. The van der Waals surface area contributed by atoms with Gasteiger partial charge in [0, 0.05) is 5.56 Å². The van der Waals surface area contributed by atoms with Gasteiger partial charge in [0.25, 0.3) is 0 Å². The summed E-state index contributed by atoms with van der Waals surface area (Å²) < 4.78 is 15.8. The smallest absolute Gasteiger partial charge is 0.344 e. The van der Waals surface area contributed by atoms with Crippen molar-refractivity contribution in [2.24, 2.45) is 5.10 Å². The molecule has 2 aromatic carbocycles. The average Bonchev–Trinajstić information content (AvgIpc) is 3.17. The fraction of sp³-hybridized carbons (Fsp3) is 0.263. The van der Waals surface area contributed by atoms with Crippen LogP contribution in [-0.2, 0) is 9.53 Å². The van der Waals surface area contributed by atoms with Gasteiger partial charge in [-0.3, -0.25) is 5.43 Å². The van der Waals surface area contributed by atoms with Crippen LogP contribution in [-0.4, -0.2) is 31.3 Å².